The van der Waals surface area contributed by atoms with Crippen LogP contribution in [-0.4, -0.2) is 15.1 Å². The smallest absolute Gasteiger partial charge is 0.175 e. The van der Waals surface area contributed by atoms with Crippen LogP contribution in [0.25, 0.3) is 22.4 Å². The summed E-state index contributed by atoms with van der Waals surface area (Å²) in [7, 11) is 0. The number of H-pyrrole nitrogens is 1. The second-order valence-corrected chi connectivity index (χ2v) is 7.11. The average Bonchev–Trinajstić information content (AvgIpc) is 3.09. The molecule has 7 heteroatoms. The van der Waals surface area contributed by atoms with Crippen LogP contribution < -0.4 is 10.6 Å². The Labute approximate surface area is 171 Å². The molecule has 0 fully saturated rings. The first-order valence-corrected chi connectivity index (χ1v) is 9.33. The van der Waals surface area contributed by atoms with Crippen molar-refractivity contribution in [1.29, 1.82) is 0 Å². The lowest BCUT2D eigenvalue weighted by Gasteiger charge is -2.11. The Balaban J connectivity index is 1.45. The lowest BCUT2D eigenvalue weighted by atomic mass is 10.2. The molecular formula is C20H14Cl2N4S. The molecule has 0 bridgehead atoms. The number of imidazole rings is 1. The van der Waals surface area contributed by atoms with Gasteiger partial charge < -0.3 is 15.6 Å². The Hall–Kier alpha value is -2.60. The number of rotatable bonds is 3. The number of fused-ring (bicyclic) bond motifs is 1. The van der Waals surface area contributed by atoms with E-state index in [1.54, 1.807) is 12.1 Å². The van der Waals surface area contributed by atoms with Gasteiger partial charge in [-0.25, -0.2) is 4.98 Å². The molecule has 0 aliphatic rings. The van der Waals surface area contributed by atoms with Gasteiger partial charge in [0.25, 0.3) is 0 Å². The summed E-state index contributed by atoms with van der Waals surface area (Å²) in [4.78, 5) is 7.93. The van der Waals surface area contributed by atoms with Gasteiger partial charge in [-0.05, 0) is 66.8 Å². The molecule has 3 aromatic carbocycles. The van der Waals surface area contributed by atoms with Crippen LogP contribution in [0.2, 0.25) is 10.0 Å². The summed E-state index contributed by atoms with van der Waals surface area (Å²) < 4.78 is 0. The number of thiocarbonyl (C=S) groups is 1. The van der Waals surface area contributed by atoms with Crippen LogP contribution in [0.1, 0.15) is 0 Å². The van der Waals surface area contributed by atoms with E-state index in [1.165, 1.54) is 0 Å². The minimum atomic E-state index is 0.463. The van der Waals surface area contributed by atoms with Crippen molar-refractivity contribution in [3.05, 3.63) is 76.8 Å². The van der Waals surface area contributed by atoms with E-state index in [2.05, 4.69) is 20.6 Å². The highest BCUT2D eigenvalue weighted by molar-refractivity contribution is 7.80. The molecule has 0 atom stereocenters. The fourth-order valence-corrected chi connectivity index (χ4v) is 3.20. The largest absolute Gasteiger partial charge is 0.338 e. The lowest BCUT2D eigenvalue weighted by molar-refractivity contribution is 1.34. The zero-order valence-electron chi connectivity index (χ0n) is 14.0. The highest BCUT2D eigenvalue weighted by Crippen LogP contribution is 2.25. The van der Waals surface area contributed by atoms with Crippen molar-refractivity contribution < 1.29 is 0 Å². The van der Waals surface area contributed by atoms with Gasteiger partial charge in [0.2, 0.25) is 0 Å². The quantitative estimate of drug-likeness (QED) is 0.343. The Kier molecular flexibility index (Phi) is 4.99. The van der Waals surface area contributed by atoms with Crippen molar-refractivity contribution in [3.63, 3.8) is 0 Å². The van der Waals surface area contributed by atoms with Crippen LogP contribution in [0, 0.1) is 0 Å². The second-order valence-electron chi connectivity index (χ2n) is 5.89. The highest BCUT2D eigenvalue weighted by atomic mass is 35.5. The minimum Gasteiger partial charge on any atom is -0.338 e. The molecule has 0 spiro atoms. The Morgan fingerprint density at radius 3 is 2.30 bits per heavy atom. The molecule has 0 unspecified atom stereocenters. The third kappa shape index (κ3) is 4.06. The van der Waals surface area contributed by atoms with Gasteiger partial charge in [-0.15, -0.1) is 0 Å². The van der Waals surface area contributed by atoms with Gasteiger partial charge in [0, 0.05) is 16.9 Å². The molecule has 0 saturated heterocycles. The molecule has 27 heavy (non-hydrogen) atoms. The average molecular weight is 413 g/mol. The monoisotopic (exact) mass is 412 g/mol. The molecule has 134 valence electrons. The molecule has 0 amide bonds. The number of hydrogen-bond acceptors (Lipinski definition) is 2. The summed E-state index contributed by atoms with van der Waals surface area (Å²) in [5.41, 5.74) is 4.59. The number of nitrogens with zero attached hydrogens (tertiary/aromatic N) is 1. The van der Waals surface area contributed by atoms with Crippen LogP contribution in [0.3, 0.4) is 0 Å². The molecule has 4 rings (SSSR count). The topological polar surface area (TPSA) is 52.7 Å². The van der Waals surface area contributed by atoms with Gasteiger partial charge in [-0.1, -0.05) is 35.3 Å². The van der Waals surface area contributed by atoms with E-state index in [0.717, 1.165) is 33.8 Å². The Morgan fingerprint density at radius 1 is 0.852 bits per heavy atom. The van der Waals surface area contributed by atoms with Crippen LogP contribution in [0.4, 0.5) is 11.4 Å². The number of halogens is 2. The molecule has 0 saturated carbocycles. The Bertz CT molecular complexity index is 1090. The zero-order chi connectivity index (χ0) is 18.8. The van der Waals surface area contributed by atoms with Crippen LogP contribution >= 0.6 is 35.4 Å². The van der Waals surface area contributed by atoms with Gasteiger partial charge in [0.1, 0.15) is 5.82 Å². The first kappa shape index (κ1) is 17.8. The van der Waals surface area contributed by atoms with Gasteiger partial charge in [-0.2, -0.15) is 0 Å². The molecule has 0 radical (unpaired) electrons. The van der Waals surface area contributed by atoms with Gasteiger partial charge in [0.05, 0.1) is 21.1 Å². The molecule has 3 N–H and O–H groups in total. The van der Waals surface area contributed by atoms with Gasteiger partial charge in [-0.3, -0.25) is 0 Å². The van der Waals surface area contributed by atoms with E-state index in [1.807, 2.05) is 54.6 Å². The maximum Gasteiger partial charge on any atom is 0.175 e. The van der Waals surface area contributed by atoms with Crippen molar-refractivity contribution in [3.8, 4) is 11.4 Å². The van der Waals surface area contributed by atoms with E-state index in [0.29, 0.717) is 15.2 Å². The molecule has 0 aliphatic heterocycles. The van der Waals surface area contributed by atoms with Crippen LogP contribution in [-0.2, 0) is 0 Å². The third-order valence-corrected chi connectivity index (χ3v) is 4.93. The molecule has 1 heterocycles. The van der Waals surface area contributed by atoms with Crippen molar-refractivity contribution in [2.75, 3.05) is 10.6 Å². The predicted octanol–water partition coefficient (Wildman–Crippen LogP) is 6.35. The summed E-state index contributed by atoms with van der Waals surface area (Å²) in [6.07, 6.45) is 0. The second kappa shape index (κ2) is 7.56. The van der Waals surface area contributed by atoms with E-state index in [-0.39, 0.29) is 0 Å². The summed E-state index contributed by atoms with van der Waals surface area (Å²) in [6, 6.07) is 21.1. The number of aromatic amines is 1. The lowest BCUT2D eigenvalue weighted by Crippen LogP contribution is -2.18. The number of anilines is 2. The van der Waals surface area contributed by atoms with Gasteiger partial charge in [0.15, 0.2) is 5.11 Å². The standard InChI is InChI=1S/C20H14Cl2N4S/c21-15-10-9-14(11-16(15)22)24-20(27)23-13-7-5-12(6-8-13)19-25-17-3-1-2-4-18(17)26-19/h1-11H,(H,25,26)(H2,23,24,27). The number of benzene rings is 3. The highest BCUT2D eigenvalue weighted by Gasteiger charge is 2.06. The SMILES string of the molecule is S=C(Nc1ccc(-c2nc3ccccc3[nH]2)cc1)Nc1ccc(Cl)c(Cl)c1. The van der Waals surface area contributed by atoms with Crippen molar-refractivity contribution in [1.82, 2.24) is 9.97 Å². The van der Waals surface area contributed by atoms with E-state index in [9.17, 15) is 0 Å². The summed E-state index contributed by atoms with van der Waals surface area (Å²) in [6.45, 7) is 0. The molecule has 1 aromatic heterocycles. The first-order valence-electron chi connectivity index (χ1n) is 8.17. The normalized spacial score (nSPS) is 10.7. The summed E-state index contributed by atoms with van der Waals surface area (Å²) in [5, 5.41) is 7.66. The van der Waals surface area contributed by atoms with E-state index >= 15 is 0 Å². The number of hydrogen-bond donors (Lipinski definition) is 3. The van der Waals surface area contributed by atoms with E-state index in [4.69, 9.17) is 35.4 Å². The van der Waals surface area contributed by atoms with Crippen molar-refractivity contribution in [2.24, 2.45) is 0 Å². The fourth-order valence-electron chi connectivity index (χ4n) is 2.67. The molecular weight excluding hydrogens is 399 g/mol. The predicted molar refractivity (Wildman–Crippen MR) is 118 cm³/mol. The fraction of sp³-hybridized carbons (Fsp3) is 0. The third-order valence-electron chi connectivity index (χ3n) is 3.98. The van der Waals surface area contributed by atoms with Crippen LogP contribution in [0.15, 0.2) is 66.7 Å². The number of nitrogens with one attached hydrogen (secondary N) is 3. The first-order chi connectivity index (χ1) is 13.1. The molecule has 4 aromatic rings. The minimum absolute atomic E-state index is 0.463. The number of para-hydroxylation sites is 2. The van der Waals surface area contributed by atoms with Gasteiger partial charge >= 0.3 is 0 Å². The maximum atomic E-state index is 6.02. The van der Waals surface area contributed by atoms with Crippen molar-refractivity contribution in [2.45, 2.75) is 0 Å². The molecule has 0 aliphatic carbocycles. The zero-order valence-corrected chi connectivity index (χ0v) is 16.3. The van der Waals surface area contributed by atoms with Crippen LogP contribution in [0.5, 0.6) is 0 Å². The summed E-state index contributed by atoms with van der Waals surface area (Å²) >= 11 is 17.3. The van der Waals surface area contributed by atoms with E-state index < -0.39 is 0 Å². The van der Waals surface area contributed by atoms with Crippen molar-refractivity contribution >= 4 is 62.9 Å². The maximum absolute atomic E-state index is 6.02. The molecule has 4 nitrogen and oxygen atoms in total. The number of aromatic nitrogens is 2. The summed E-state index contributed by atoms with van der Waals surface area (Å²) in [5.74, 6) is 0.833. The Morgan fingerprint density at radius 2 is 1.56 bits per heavy atom.